The van der Waals surface area contributed by atoms with Crippen molar-refractivity contribution in [1.29, 1.82) is 0 Å². The highest BCUT2D eigenvalue weighted by atomic mass is 32.1. The molecule has 0 saturated heterocycles. The molecule has 134 valence electrons. The fourth-order valence-corrected chi connectivity index (χ4v) is 3.98. The van der Waals surface area contributed by atoms with Crippen LogP contribution in [0, 0.1) is 6.92 Å². The first-order valence-electron chi connectivity index (χ1n) is 8.53. The summed E-state index contributed by atoms with van der Waals surface area (Å²) in [6, 6.07) is 5.63. The second-order valence-electron chi connectivity index (χ2n) is 6.06. The van der Waals surface area contributed by atoms with E-state index < -0.39 is 0 Å². The van der Waals surface area contributed by atoms with Crippen LogP contribution in [-0.2, 0) is 13.0 Å². The average Bonchev–Trinajstić information content (AvgIpc) is 3.28. The highest BCUT2D eigenvalue weighted by Gasteiger charge is 2.25. The number of amides is 1. The maximum absolute atomic E-state index is 13.0. The molecule has 0 bridgehead atoms. The molecule has 8 heteroatoms. The fraction of sp³-hybridized carbons (Fsp3) is 0.333. The molecule has 0 N–H and O–H groups in total. The zero-order chi connectivity index (χ0) is 18.1. The first-order valence-corrected chi connectivity index (χ1v) is 9.41. The number of fused-ring (bicyclic) bond motifs is 1. The van der Waals surface area contributed by atoms with E-state index in [9.17, 15) is 4.79 Å². The Hall–Kier alpha value is -2.74. The van der Waals surface area contributed by atoms with Crippen molar-refractivity contribution in [2.75, 3.05) is 13.2 Å². The maximum Gasteiger partial charge on any atom is 0.257 e. The summed E-state index contributed by atoms with van der Waals surface area (Å²) in [4.78, 5) is 16.2. The van der Waals surface area contributed by atoms with Crippen LogP contribution in [0.4, 0.5) is 0 Å². The van der Waals surface area contributed by atoms with Crippen molar-refractivity contribution in [2.45, 2.75) is 26.8 Å². The summed E-state index contributed by atoms with van der Waals surface area (Å²) in [6.45, 7) is 5.70. The number of hydrogen-bond acceptors (Lipinski definition) is 6. The number of aromatic nitrogens is 4. The summed E-state index contributed by atoms with van der Waals surface area (Å²) < 4.78 is 6.94. The van der Waals surface area contributed by atoms with Gasteiger partial charge >= 0.3 is 0 Å². The lowest BCUT2D eigenvalue weighted by Gasteiger charge is -2.26. The van der Waals surface area contributed by atoms with E-state index in [1.165, 1.54) is 10.4 Å². The van der Waals surface area contributed by atoms with E-state index in [4.69, 9.17) is 4.74 Å². The van der Waals surface area contributed by atoms with Crippen molar-refractivity contribution >= 4 is 17.2 Å². The quantitative estimate of drug-likeness (QED) is 0.707. The Bertz CT molecular complexity index is 931. The minimum atomic E-state index is 0.00416. The normalized spacial score (nSPS) is 13.5. The second kappa shape index (κ2) is 6.87. The van der Waals surface area contributed by atoms with Gasteiger partial charge in [-0.15, -0.1) is 21.5 Å². The molecular weight excluding hydrogens is 350 g/mol. The highest BCUT2D eigenvalue weighted by Crippen LogP contribution is 2.25. The largest absolute Gasteiger partial charge is 0.477 e. The molecule has 1 aliphatic rings. The topological polar surface area (TPSA) is 73.1 Å². The summed E-state index contributed by atoms with van der Waals surface area (Å²) in [6.07, 6.45) is 2.52. The molecule has 0 fully saturated rings. The summed E-state index contributed by atoms with van der Waals surface area (Å²) in [5.41, 5.74) is 2.60. The number of nitrogens with zero attached hydrogens (tertiary/aromatic N) is 5. The van der Waals surface area contributed by atoms with Gasteiger partial charge in [0.25, 0.3) is 5.91 Å². The van der Waals surface area contributed by atoms with E-state index in [-0.39, 0.29) is 5.91 Å². The van der Waals surface area contributed by atoms with Crippen molar-refractivity contribution in [2.24, 2.45) is 0 Å². The Morgan fingerprint density at radius 2 is 2.19 bits per heavy atom. The summed E-state index contributed by atoms with van der Waals surface area (Å²) in [5.74, 6) is 1.03. The third kappa shape index (κ3) is 2.96. The molecular formula is C18H19N5O2S. The standard InChI is InChI=1S/C18H19N5O2S/c1-3-25-17-5-4-16(20-21-17)23-12(2)14(10-19-23)18(24)22-8-6-15-13(11-22)7-9-26-15/h4-5,7,9-10H,3,6,8,11H2,1-2H3. The molecule has 3 aromatic rings. The Labute approximate surface area is 155 Å². The molecule has 0 atom stereocenters. The summed E-state index contributed by atoms with van der Waals surface area (Å²) >= 11 is 1.76. The van der Waals surface area contributed by atoms with Crippen LogP contribution in [0.5, 0.6) is 5.88 Å². The lowest BCUT2D eigenvalue weighted by molar-refractivity contribution is 0.0735. The van der Waals surface area contributed by atoms with E-state index in [0.29, 0.717) is 30.4 Å². The van der Waals surface area contributed by atoms with Gasteiger partial charge in [0.1, 0.15) is 0 Å². The van der Waals surface area contributed by atoms with Gasteiger partial charge in [-0.25, -0.2) is 4.68 Å². The van der Waals surface area contributed by atoms with Crippen molar-refractivity contribution in [3.05, 3.63) is 51.5 Å². The van der Waals surface area contributed by atoms with Gasteiger partial charge in [-0.3, -0.25) is 4.79 Å². The molecule has 1 amide bonds. The highest BCUT2D eigenvalue weighted by molar-refractivity contribution is 7.10. The van der Waals surface area contributed by atoms with Gasteiger partial charge in [0.05, 0.1) is 24.1 Å². The van der Waals surface area contributed by atoms with Crippen LogP contribution in [0.15, 0.2) is 29.8 Å². The van der Waals surface area contributed by atoms with E-state index >= 15 is 0 Å². The molecule has 0 unspecified atom stereocenters. The third-order valence-corrected chi connectivity index (χ3v) is 5.49. The van der Waals surface area contributed by atoms with Crippen molar-refractivity contribution in [3.8, 4) is 11.7 Å². The lowest BCUT2D eigenvalue weighted by atomic mass is 10.1. The number of ether oxygens (including phenoxy) is 1. The molecule has 4 heterocycles. The van der Waals surface area contributed by atoms with Crippen LogP contribution < -0.4 is 4.74 Å². The van der Waals surface area contributed by atoms with Crippen molar-refractivity contribution in [3.63, 3.8) is 0 Å². The predicted molar refractivity (Wildman–Crippen MR) is 97.8 cm³/mol. The molecule has 0 radical (unpaired) electrons. The number of hydrogen-bond donors (Lipinski definition) is 0. The van der Waals surface area contributed by atoms with Gasteiger partial charge in [0, 0.05) is 24.0 Å². The van der Waals surface area contributed by atoms with Gasteiger partial charge in [-0.2, -0.15) is 5.10 Å². The van der Waals surface area contributed by atoms with Crippen molar-refractivity contribution in [1.82, 2.24) is 24.9 Å². The Morgan fingerprint density at radius 1 is 1.31 bits per heavy atom. The van der Waals surface area contributed by atoms with Crippen molar-refractivity contribution < 1.29 is 9.53 Å². The van der Waals surface area contributed by atoms with E-state index in [2.05, 4.69) is 26.7 Å². The van der Waals surface area contributed by atoms with E-state index in [0.717, 1.165) is 18.7 Å². The van der Waals surface area contributed by atoms with Crippen LogP contribution in [0.2, 0.25) is 0 Å². The fourth-order valence-electron chi connectivity index (χ4n) is 3.09. The molecule has 0 aliphatic carbocycles. The number of carbonyl (C=O) groups is 1. The Balaban J connectivity index is 1.56. The number of carbonyl (C=O) groups excluding carboxylic acids is 1. The lowest BCUT2D eigenvalue weighted by Crippen LogP contribution is -2.35. The van der Waals surface area contributed by atoms with E-state index in [1.807, 2.05) is 18.7 Å². The monoisotopic (exact) mass is 369 g/mol. The Morgan fingerprint density at radius 3 is 2.96 bits per heavy atom. The molecule has 3 aromatic heterocycles. The van der Waals surface area contributed by atoms with Crippen LogP contribution >= 0.6 is 11.3 Å². The van der Waals surface area contributed by atoms with Crippen LogP contribution in [-0.4, -0.2) is 43.9 Å². The first-order chi connectivity index (χ1) is 12.7. The average molecular weight is 369 g/mol. The summed E-state index contributed by atoms with van der Waals surface area (Å²) in [7, 11) is 0. The molecule has 7 nitrogen and oxygen atoms in total. The molecule has 4 rings (SSSR count). The van der Waals surface area contributed by atoms with Gasteiger partial charge in [-0.05, 0) is 43.3 Å². The first kappa shape index (κ1) is 16.7. The smallest absolute Gasteiger partial charge is 0.257 e. The molecule has 26 heavy (non-hydrogen) atoms. The van der Waals surface area contributed by atoms with Gasteiger partial charge in [0.2, 0.25) is 5.88 Å². The zero-order valence-corrected chi connectivity index (χ0v) is 15.5. The second-order valence-corrected chi connectivity index (χ2v) is 7.06. The third-order valence-electron chi connectivity index (χ3n) is 4.47. The number of thiophene rings is 1. The van der Waals surface area contributed by atoms with Crippen LogP contribution in [0.1, 0.15) is 33.4 Å². The van der Waals surface area contributed by atoms with E-state index in [1.54, 1.807) is 34.3 Å². The molecule has 0 spiro atoms. The predicted octanol–water partition coefficient (Wildman–Crippen LogP) is 2.63. The minimum Gasteiger partial charge on any atom is -0.477 e. The molecule has 0 aromatic carbocycles. The van der Waals surface area contributed by atoms with Gasteiger partial charge in [-0.1, -0.05) is 0 Å². The van der Waals surface area contributed by atoms with Crippen LogP contribution in [0.3, 0.4) is 0 Å². The SMILES string of the molecule is CCOc1ccc(-n2ncc(C(=O)N3CCc4sccc4C3)c2C)nn1. The Kier molecular flexibility index (Phi) is 4.42. The summed E-state index contributed by atoms with van der Waals surface area (Å²) in [5, 5.41) is 14.6. The number of rotatable bonds is 4. The molecule has 0 saturated carbocycles. The van der Waals surface area contributed by atoms with Crippen LogP contribution in [0.25, 0.3) is 5.82 Å². The minimum absolute atomic E-state index is 0.00416. The van der Waals surface area contributed by atoms with Gasteiger partial charge < -0.3 is 9.64 Å². The van der Waals surface area contributed by atoms with Gasteiger partial charge in [0.15, 0.2) is 5.82 Å². The zero-order valence-electron chi connectivity index (χ0n) is 14.7. The molecule has 1 aliphatic heterocycles. The maximum atomic E-state index is 13.0.